The number of nitrogens with zero attached hydrogens (tertiary/aromatic N) is 1. The average molecular weight is 316 g/mol. The van der Waals surface area contributed by atoms with Gasteiger partial charge in [0.05, 0.1) is 10.7 Å². The number of nitrogen functional groups attached to an aromatic ring is 1. The van der Waals surface area contributed by atoms with Gasteiger partial charge >= 0.3 is 11.8 Å². The van der Waals surface area contributed by atoms with Crippen LogP contribution >= 0.6 is 11.6 Å². The topological polar surface area (TPSA) is 75.4 Å². The Bertz CT molecular complexity index is 761. The summed E-state index contributed by atoms with van der Waals surface area (Å²) in [5.74, 6) is -1.32. The summed E-state index contributed by atoms with van der Waals surface area (Å²) in [6, 6.07) is 12.3. The van der Waals surface area contributed by atoms with Gasteiger partial charge in [0, 0.05) is 17.9 Å². The van der Waals surface area contributed by atoms with Gasteiger partial charge in [0.1, 0.15) is 0 Å². The second-order valence-electron chi connectivity index (χ2n) is 5.03. The van der Waals surface area contributed by atoms with Crippen LogP contribution in [-0.4, -0.2) is 18.4 Å². The highest BCUT2D eigenvalue weighted by Crippen LogP contribution is 2.28. The van der Waals surface area contributed by atoms with Gasteiger partial charge in [0.2, 0.25) is 0 Å². The number of benzene rings is 2. The van der Waals surface area contributed by atoms with Gasteiger partial charge in [0.15, 0.2) is 0 Å². The molecule has 1 aliphatic heterocycles. The lowest BCUT2D eigenvalue weighted by molar-refractivity contribution is -0.134. The number of nitrogens with two attached hydrogens (primary N) is 1. The van der Waals surface area contributed by atoms with Crippen molar-refractivity contribution in [3.05, 3.63) is 53.1 Å². The molecule has 0 aromatic heterocycles. The van der Waals surface area contributed by atoms with E-state index >= 15 is 0 Å². The molecule has 112 valence electrons. The van der Waals surface area contributed by atoms with Crippen LogP contribution in [0.4, 0.5) is 17.1 Å². The third-order valence-corrected chi connectivity index (χ3v) is 3.88. The molecule has 0 unspecified atom stereocenters. The summed E-state index contributed by atoms with van der Waals surface area (Å²) in [4.78, 5) is 26.0. The molecule has 2 aromatic rings. The molecule has 0 radical (unpaired) electrons. The van der Waals surface area contributed by atoms with E-state index in [4.69, 9.17) is 17.3 Å². The number of halogens is 1. The van der Waals surface area contributed by atoms with E-state index in [1.165, 1.54) is 11.0 Å². The molecule has 2 amide bonds. The van der Waals surface area contributed by atoms with Crippen molar-refractivity contribution in [2.24, 2.45) is 0 Å². The molecule has 0 bridgehead atoms. The van der Waals surface area contributed by atoms with Gasteiger partial charge in [-0.15, -0.1) is 0 Å². The molecule has 3 rings (SSSR count). The van der Waals surface area contributed by atoms with Crippen LogP contribution in [0.25, 0.3) is 0 Å². The van der Waals surface area contributed by atoms with Gasteiger partial charge < -0.3 is 16.0 Å². The molecular formula is C16H14ClN3O2. The van der Waals surface area contributed by atoms with Crippen LogP contribution in [0.15, 0.2) is 42.5 Å². The Balaban J connectivity index is 1.77. The molecule has 6 heteroatoms. The lowest BCUT2D eigenvalue weighted by Gasteiger charge is -2.17. The van der Waals surface area contributed by atoms with E-state index in [0.717, 1.165) is 17.7 Å². The van der Waals surface area contributed by atoms with Crippen molar-refractivity contribution in [2.75, 3.05) is 22.5 Å². The lowest BCUT2D eigenvalue weighted by atomic mass is 10.2. The van der Waals surface area contributed by atoms with Crippen molar-refractivity contribution in [3.63, 3.8) is 0 Å². The first-order chi connectivity index (χ1) is 10.6. The van der Waals surface area contributed by atoms with E-state index in [9.17, 15) is 9.59 Å². The first-order valence-corrected chi connectivity index (χ1v) is 7.20. The predicted octanol–water partition coefficient (Wildman–Crippen LogP) is 2.45. The standard InChI is InChI=1S/C16H14ClN3O2/c17-12-9-11(18)5-6-13(12)19-15(21)16(22)20-8-7-10-3-1-2-4-14(10)20/h1-6,9H,7-8,18H2,(H,19,21). The van der Waals surface area contributed by atoms with Crippen molar-refractivity contribution in [2.45, 2.75) is 6.42 Å². The highest BCUT2D eigenvalue weighted by atomic mass is 35.5. The maximum absolute atomic E-state index is 12.3. The van der Waals surface area contributed by atoms with Crippen molar-refractivity contribution in [3.8, 4) is 0 Å². The number of fused-ring (bicyclic) bond motifs is 1. The van der Waals surface area contributed by atoms with Crippen LogP contribution in [0.3, 0.4) is 0 Å². The molecule has 1 heterocycles. The molecule has 0 saturated carbocycles. The minimum absolute atomic E-state index is 0.294. The maximum Gasteiger partial charge on any atom is 0.316 e. The number of carbonyl (C=O) groups excluding carboxylic acids is 2. The molecule has 0 spiro atoms. The summed E-state index contributed by atoms with van der Waals surface area (Å²) in [7, 11) is 0. The monoisotopic (exact) mass is 315 g/mol. The minimum atomic E-state index is -0.719. The molecular weight excluding hydrogens is 302 g/mol. The number of para-hydroxylation sites is 1. The summed E-state index contributed by atoms with van der Waals surface area (Å²) in [5.41, 5.74) is 8.30. The smallest absolute Gasteiger partial charge is 0.316 e. The Kier molecular flexibility index (Phi) is 3.73. The van der Waals surface area contributed by atoms with Crippen molar-refractivity contribution in [1.82, 2.24) is 0 Å². The van der Waals surface area contributed by atoms with Crippen LogP contribution in [0, 0.1) is 0 Å². The van der Waals surface area contributed by atoms with Gasteiger partial charge in [-0.05, 0) is 36.2 Å². The largest absolute Gasteiger partial charge is 0.399 e. The number of carbonyl (C=O) groups is 2. The number of hydrogen-bond donors (Lipinski definition) is 2. The molecule has 2 aromatic carbocycles. The fraction of sp³-hybridized carbons (Fsp3) is 0.125. The second-order valence-corrected chi connectivity index (χ2v) is 5.44. The molecule has 3 N–H and O–H groups in total. The zero-order valence-corrected chi connectivity index (χ0v) is 12.4. The Hall–Kier alpha value is -2.53. The maximum atomic E-state index is 12.3. The van der Waals surface area contributed by atoms with E-state index in [1.54, 1.807) is 12.1 Å². The van der Waals surface area contributed by atoms with Crippen LogP contribution in [-0.2, 0) is 16.0 Å². The van der Waals surface area contributed by atoms with E-state index in [-0.39, 0.29) is 0 Å². The molecule has 1 aliphatic rings. The Morgan fingerprint density at radius 3 is 2.73 bits per heavy atom. The fourth-order valence-corrected chi connectivity index (χ4v) is 2.72. The lowest BCUT2D eigenvalue weighted by Crippen LogP contribution is -2.38. The van der Waals surface area contributed by atoms with Gasteiger partial charge in [0.25, 0.3) is 0 Å². The van der Waals surface area contributed by atoms with Crippen LogP contribution < -0.4 is 16.0 Å². The molecule has 0 atom stereocenters. The minimum Gasteiger partial charge on any atom is -0.399 e. The Morgan fingerprint density at radius 1 is 1.18 bits per heavy atom. The molecule has 0 saturated heterocycles. The first-order valence-electron chi connectivity index (χ1n) is 6.82. The second kappa shape index (κ2) is 5.69. The number of anilines is 3. The normalized spacial score (nSPS) is 12.9. The number of amides is 2. The fourth-order valence-electron chi connectivity index (χ4n) is 2.48. The van der Waals surface area contributed by atoms with E-state index in [2.05, 4.69) is 5.32 Å². The SMILES string of the molecule is Nc1ccc(NC(=O)C(=O)N2CCc3ccccc32)c(Cl)c1. The molecule has 0 fully saturated rings. The third kappa shape index (κ3) is 2.63. The van der Waals surface area contributed by atoms with E-state index < -0.39 is 11.8 Å². The van der Waals surface area contributed by atoms with Crippen molar-refractivity contribution < 1.29 is 9.59 Å². The number of nitrogens with one attached hydrogen (secondary N) is 1. The molecule has 5 nitrogen and oxygen atoms in total. The van der Waals surface area contributed by atoms with E-state index in [1.807, 2.05) is 24.3 Å². The Morgan fingerprint density at radius 2 is 1.95 bits per heavy atom. The zero-order chi connectivity index (χ0) is 15.7. The van der Waals surface area contributed by atoms with Gasteiger partial charge in [-0.2, -0.15) is 0 Å². The average Bonchev–Trinajstić information content (AvgIpc) is 2.93. The van der Waals surface area contributed by atoms with Gasteiger partial charge in [-0.1, -0.05) is 29.8 Å². The van der Waals surface area contributed by atoms with E-state index in [0.29, 0.717) is 22.9 Å². The highest BCUT2D eigenvalue weighted by molar-refractivity contribution is 6.45. The van der Waals surface area contributed by atoms with Crippen LogP contribution in [0.5, 0.6) is 0 Å². The number of rotatable bonds is 1. The van der Waals surface area contributed by atoms with Crippen LogP contribution in [0.2, 0.25) is 5.02 Å². The summed E-state index contributed by atoms with van der Waals surface area (Å²) < 4.78 is 0. The van der Waals surface area contributed by atoms with Crippen molar-refractivity contribution in [1.29, 1.82) is 0 Å². The highest BCUT2D eigenvalue weighted by Gasteiger charge is 2.29. The first kappa shape index (κ1) is 14.4. The summed E-state index contributed by atoms with van der Waals surface area (Å²) >= 11 is 6.00. The van der Waals surface area contributed by atoms with Gasteiger partial charge in [-0.3, -0.25) is 9.59 Å². The molecule has 22 heavy (non-hydrogen) atoms. The number of hydrogen-bond acceptors (Lipinski definition) is 3. The molecule has 0 aliphatic carbocycles. The predicted molar refractivity (Wildman–Crippen MR) is 87.0 cm³/mol. The van der Waals surface area contributed by atoms with Crippen LogP contribution in [0.1, 0.15) is 5.56 Å². The van der Waals surface area contributed by atoms with Gasteiger partial charge in [-0.25, -0.2) is 0 Å². The van der Waals surface area contributed by atoms with Crippen molar-refractivity contribution >= 4 is 40.5 Å². The third-order valence-electron chi connectivity index (χ3n) is 3.57. The quantitative estimate of drug-likeness (QED) is 0.627. The Labute approximate surface area is 132 Å². The summed E-state index contributed by atoms with van der Waals surface area (Å²) in [6.07, 6.45) is 0.748. The summed E-state index contributed by atoms with van der Waals surface area (Å²) in [6.45, 7) is 0.501. The zero-order valence-electron chi connectivity index (χ0n) is 11.7. The summed E-state index contributed by atoms with van der Waals surface area (Å²) in [5, 5.41) is 2.82.